The second-order valence-corrected chi connectivity index (χ2v) is 7.76. The average molecular weight is 363 g/mol. The third kappa shape index (κ3) is 3.18. The number of carbonyl (C=O) groups excluding carboxylic acids is 1. The number of aryl methyl sites for hydroxylation is 1. The summed E-state index contributed by atoms with van der Waals surface area (Å²) in [4.78, 5) is 15.7. The molecular weight excluding hydrogens is 338 g/mol. The Balaban J connectivity index is 1.48. The molecule has 1 atom stereocenters. The predicted molar refractivity (Wildman–Crippen MR) is 103 cm³/mol. The third-order valence-electron chi connectivity index (χ3n) is 5.84. The Morgan fingerprint density at radius 1 is 0.926 bits per heavy atom. The van der Waals surface area contributed by atoms with E-state index in [1.165, 1.54) is 11.1 Å². The largest absolute Gasteiger partial charge is 0.490 e. The topological polar surface area (TPSA) is 38.8 Å². The highest BCUT2D eigenvalue weighted by Gasteiger charge is 2.40. The molecular formula is C23H25NO3. The van der Waals surface area contributed by atoms with Gasteiger partial charge in [0, 0.05) is 18.0 Å². The monoisotopic (exact) mass is 363 g/mol. The molecule has 3 aliphatic rings. The number of nitrogens with zero attached hydrogens (tertiary/aromatic N) is 1. The number of fused-ring (bicyclic) bond motifs is 2. The molecule has 1 unspecified atom stereocenters. The van der Waals surface area contributed by atoms with Crippen molar-refractivity contribution < 1.29 is 14.3 Å². The zero-order valence-electron chi connectivity index (χ0n) is 15.5. The molecule has 1 amide bonds. The highest BCUT2D eigenvalue weighted by molar-refractivity contribution is 5.95. The summed E-state index contributed by atoms with van der Waals surface area (Å²) in [6, 6.07) is 14.8. The predicted octanol–water partition coefficient (Wildman–Crippen LogP) is 4.53. The molecule has 4 heteroatoms. The first kappa shape index (κ1) is 16.7. The van der Waals surface area contributed by atoms with Gasteiger partial charge >= 0.3 is 0 Å². The normalized spacial score (nSPS) is 21.1. The van der Waals surface area contributed by atoms with Crippen LogP contribution in [0.4, 0.5) is 0 Å². The number of rotatable bonds is 3. The minimum absolute atomic E-state index is 0.120. The fraction of sp³-hybridized carbons (Fsp3) is 0.435. The summed E-state index contributed by atoms with van der Waals surface area (Å²) in [5.41, 5.74) is 3.43. The van der Waals surface area contributed by atoms with Crippen LogP contribution in [-0.2, 0) is 6.42 Å². The van der Waals surface area contributed by atoms with Crippen LogP contribution in [0, 0.1) is 0 Å². The second kappa shape index (κ2) is 6.91. The van der Waals surface area contributed by atoms with Crippen LogP contribution in [0.25, 0.3) is 0 Å². The molecule has 27 heavy (non-hydrogen) atoms. The maximum absolute atomic E-state index is 13.5. The van der Waals surface area contributed by atoms with Crippen molar-refractivity contribution in [3.8, 4) is 11.5 Å². The zero-order valence-corrected chi connectivity index (χ0v) is 15.5. The van der Waals surface area contributed by atoms with Crippen molar-refractivity contribution in [3.63, 3.8) is 0 Å². The van der Waals surface area contributed by atoms with Gasteiger partial charge in [-0.15, -0.1) is 0 Å². The summed E-state index contributed by atoms with van der Waals surface area (Å²) >= 11 is 0. The maximum Gasteiger partial charge on any atom is 0.254 e. The first-order valence-electron chi connectivity index (χ1n) is 10.1. The molecule has 0 saturated heterocycles. The van der Waals surface area contributed by atoms with Crippen LogP contribution in [0.5, 0.6) is 11.5 Å². The van der Waals surface area contributed by atoms with Crippen LogP contribution in [0.2, 0.25) is 0 Å². The molecule has 2 aliphatic carbocycles. The smallest absolute Gasteiger partial charge is 0.254 e. The Kier molecular flexibility index (Phi) is 4.27. The van der Waals surface area contributed by atoms with E-state index in [4.69, 9.17) is 9.47 Å². The van der Waals surface area contributed by atoms with Gasteiger partial charge in [0.25, 0.3) is 5.91 Å². The van der Waals surface area contributed by atoms with Crippen molar-refractivity contribution in [1.29, 1.82) is 0 Å². The molecule has 1 saturated carbocycles. The quantitative estimate of drug-likeness (QED) is 0.804. The van der Waals surface area contributed by atoms with Gasteiger partial charge in [-0.1, -0.05) is 24.3 Å². The van der Waals surface area contributed by atoms with Gasteiger partial charge in [0.1, 0.15) is 0 Å². The van der Waals surface area contributed by atoms with E-state index in [0.29, 0.717) is 30.6 Å². The molecule has 0 spiro atoms. The standard InChI is InChI=1S/C23H25NO3/c25-23(17-9-12-21-22(15-17)27-14-4-13-26-21)24(18-10-11-18)20-8-3-6-16-5-1-2-7-19(16)20/h1-2,5,7,9,12,15,18,20H,3-4,6,8,10-11,13-14H2. The van der Waals surface area contributed by atoms with Crippen molar-refractivity contribution in [3.05, 3.63) is 59.2 Å². The van der Waals surface area contributed by atoms with Gasteiger partial charge in [0.15, 0.2) is 11.5 Å². The van der Waals surface area contributed by atoms with Crippen LogP contribution in [-0.4, -0.2) is 30.1 Å². The van der Waals surface area contributed by atoms with Gasteiger partial charge in [0.05, 0.1) is 19.3 Å². The molecule has 2 aromatic carbocycles. The van der Waals surface area contributed by atoms with Crippen LogP contribution in [0.3, 0.4) is 0 Å². The number of amides is 1. The van der Waals surface area contributed by atoms with E-state index in [2.05, 4.69) is 29.2 Å². The van der Waals surface area contributed by atoms with Gasteiger partial charge < -0.3 is 14.4 Å². The Hall–Kier alpha value is -2.49. The molecule has 0 N–H and O–H groups in total. The average Bonchev–Trinajstić information content (AvgIpc) is 3.55. The minimum Gasteiger partial charge on any atom is -0.490 e. The summed E-state index contributed by atoms with van der Waals surface area (Å²) in [5.74, 6) is 1.55. The Bertz CT molecular complexity index is 858. The summed E-state index contributed by atoms with van der Waals surface area (Å²) < 4.78 is 11.5. The van der Waals surface area contributed by atoms with E-state index in [9.17, 15) is 4.79 Å². The van der Waals surface area contributed by atoms with Crippen LogP contribution >= 0.6 is 0 Å². The fourth-order valence-electron chi connectivity index (χ4n) is 4.38. The van der Waals surface area contributed by atoms with E-state index < -0.39 is 0 Å². The highest BCUT2D eigenvalue weighted by Crippen LogP contribution is 2.42. The molecule has 140 valence electrons. The van der Waals surface area contributed by atoms with Crippen molar-refractivity contribution in [2.24, 2.45) is 0 Å². The Labute approximate surface area is 160 Å². The van der Waals surface area contributed by atoms with Gasteiger partial charge in [-0.3, -0.25) is 4.79 Å². The maximum atomic E-state index is 13.5. The first-order chi connectivity index (χ1) is 13.3. The van der Waals surface area contributed by atoms with Gasteiger partial charge in [0.2, 0.25) is 0 Å². The van der Waals surface area contributed by atoms with E-state index in [1.807, 2.05) is 18.2 Å². The van der Waals surface area contributed by atoms with Gasteiger partial charge in [-0.25, -0.2) is 0 Å². The summed E-state index contributed by atoms with van der Waals surface area (Å²) in [7, 11) is 0. The van der Waals surface area contributed by atoms with E-state index in [-0.39, 0.29) is 11.9 Å². The lowest BCUT2D eigenvalue weighted by Crippen LogP contribution is -2.38. The highest BCUT2D eigenvalue weighted by atomic mass is 16.5. The summed E-state index contributed by atoms with van der Waals surface area (Å²) in [5, 5.41) is 0. The number of benzene rings is 2. The molecule has 2 aromatic rings. The Morgan fingerprint density at radius 3 is 2.59 bits per heavy atom. The number of ether oxygens (including phenoxy) is 2. The lowest BCUT2D eigenvalue weighted by atomic mass is 9.86. The van der Waals surface area contributed by atoms with E-state index in [1.54, 1.807) is 0 Å². The Morgan fingerprint density at radius 2 is 1.74 bits per heavy atom. The lowest BCUT2D eigenvalue weighted by Gasteiger charge is -2.36. The molecule has 5 rings (SSSR count). The van der Waals surface area contributed by atoms with Crippen molar-refractivity contribution in [1.82, 2.24) is 4.90 Å². The molecule has 0 bridgehead atoms. The zero-order chi connectivity index (χ0) is 18.2. The number of carbonyl (C=O) groups is 1. The molecule has 0 radical (unpaired) electrons. The van der Waals surface area contributed by atoms with Crippen LogP contribution < -0.4 is 9.47 Å². The van der Waals surface area contributed by atoms with Crippen molar-refractivity contribution in [2.75, 3.05) is 13.2 Å². The SMILES string of the molecule is O=C(c1ccc2c(c1)OCCCO2)N(C1CC1)C1CCCc2ccccc21. The number of hydrogen-bond donors (Lipinski definition) is 0. The van der Waals surface area contributed by atoms with Crippen molar-refractivity contribution >= 4 is 5.91 Å². The number of hydrogen-bond acceptors (Lipinski definition) is 3. The molecule has 1 aliphatic heterocycles. The third-order valence-corrected chi connectivity index (χ3v) is 5.84. The summed E-state index contributed by atoms with van der Waals surface area (Å²) in [6.45, 7) is 1.29. The minimum atomic E-state index is 0.120. The molecule has 1 fully saturated rings. The van der Waals surface area contributed by atoms with Crippen LogP contribution in [0.1, 0.15) is 59.6 Å². The van der Waals surface area contributed by atoms with Gasteiger partial charge in [-0.05, 0) is 61.4 Å². The molecule has 1 heterocycles. The first-order valence-corrected chi connectivity index (χ1v) is 10.1. The van der Waals surface area contributed by atoms with E-state index >= 15 is 0 Å². The summed E-state index contributed by atoms with van der Waals surface area (Å²) in [6.07, 6.45) is 6.38. The lowest BCUT2D eigenvalue weighted by molar-refractivity contribution is 0.0637. The second-order valence-electron chi connectivity index (χ2n) is 7.76. The van der Waals surface area contributed by atoms with Gasteiger partial charge in [-0.2, -0.15) is 0 Å². The van der Waals surface area contributed by atoms with Crippen LogP contribution in [0.15, 0.2) is 42.5 Å². The van der Waals surface area contributed by atoms with Crippen molar-refractivity contribution in [2.45, 2.75) is 50.6 Å². The van der Waals surface area contributed by atoms with E-state index in [0.717, 1.165) is 44.3 Å². The molecule has 4 nitrogen and oxygen atoms in total. The molecule has 0 aromatic heterocycles. The fourth-order valence-corrected chi connectivity index (χ4v) is 4.38.